The van der Waals surface area contributed by atoms with E-state index in [0.717, 1.165) is 48.2 Å². The van der Waals surface area contributed by atoms with Crippen molar-refractivity contribution in [3.8, 4) is 0 Å². The Balaban J connectivity index is 1.58. The van der Waals surface area contributed by atoms with E-state index in [1.165, 1.54) is 4.88 Å². The van der Waals surface area contributed by atoms with Crippen molar-refractivity contribution in [1.29, 1.82) is 0 Å². The van der Waals surface area contributed by atoms with Crippen LogP contribution in [-0.2, 0) is 0 Å². The number of amides is 1. The number of nitrogens with zero attached hydrogens (tertiary/aromatic N) is 3. The fourth-order valence-corrected chi connectivity index (χ4v) is 3.99. The molecule has 4 rings (SSSR count). The Hall–Kier alpha value is -2.21. The van der Waals surface area contributed by atoms with Crippen molar-refractivity contribution in [3.63, 3.8) is 0 Å². The maximum absolute atomic E-state index is 12.7. The predicted molar refractivity (Wildman–Crippen MR) is 90.8 cm³/mol. The van der Waals surface area contributed by atoms with Crippen LogP contribution in [0.1, 0.15) is 39.7 Å². The topological polar surface area (TPSA) is 61.9 Å². The third kappa shape index (κ3) is 2.63. The average Bonchev–Trinajstić information content (AvgIpc) is 3.20. The number of pyridine rings is 1. The molecule has 1 aliphatic heterocycles. The number of aromatic amines is 1. The number of aryl methyl sites for hydroxylation is 1. The molecular formula is C17H18N4OS. The first-order chi connectivity index (χ1) is 11.2. The fraction of sp³-hybridized carbons (Fsp3) is 0.353. The Kier molecular flexibility index (Phi) is 3.61. The summed E-state index contributed by atoms with van der Waals surface area (Å²) >= 11 is 1.63. The van der Waals surface area contributed by atoms with Gasteiger partial charge in [-0.2, -0.15) is 5.10 Å². The summed E-state index contributed by atoms with van der Waals surface area (Å²) in [6, 6.07) is 5.96. The molecule has 0 aliphatic carbocycles. The van der Waals surface area contributed by atoms with Crippen molar-refractivity contribution in [2.24, 2.45) is 0 Å². The van der Waals surface area contributed by atoms with Crippen molar-refractivity contribution in [3.05, 3.63) is 45.9 Å². The maximum Gasteiger partial charge on any atom is 0.254 e. The van der Waals surface area contributed by atoms with Gasteiger partial charge in [-0.15, -0.1) is 11.3 Å². The van der Waals surface area contributed by atoms with E-state index < -0.39 is 0 Å². The number of H-pyrrole nitrogens is 1. The molecular weight excluding hydrogens is 308 g/mol. The zero-order chi connectivity index (χ0) is 15.8. The lowest BCUT2D eigenvalue weighted by Gasteiger charge is -2.32. The average molecular weight is 326 g/mol. The van der Waals surface area contributed by atoms with Crippen molar-refractivity contribution in [2.45, 2.75) is 25.7 Å². The molecule has 1 amide bonds. The summed E-state index contributed by atoms with van der Waals surface area (Å²) in [5.41, 5.74) is 2.66. The zero-order valence-corrected chi connectivity index (χ0v) is 13.8. The van der Waals surface area contributed by atoms with Gasteiger partial charge in [-0.3, -0.25) is 9.89 Å². The molecule has 0 spiro atoms. The van der Waals surface area contributed by atoms with Crippen LogP contribution in [0, 0.1) is 6.92 Å². The van der Waals surface area contributed by atoms with Gasteiger partial charge in [-0.25, -0.2) is 4.98 Å². The van der Waals surface area contributed by atoms with Crippen LogP contribution in [0.3, 0.4) is 0 Å². The number of rotatable bonds is 2. The largest absolute Gasteiger partial charge is 0.338 e. The van der Waals surface area contributed by atoms with E-state index in [1.807, 2.05) is 35.4 Å². The van der Waals surface area contributed by atoms with Gasteiger partial charge in [-0.05, 0) is 38.0 Å². The van der Waals surface area contributed by atoms with Crippen molar-refractivity contribution >= 4 is 28.3 Å². The van der Waals surface area contributed by atoms with Crippen LogP contribution in [0.4, 0.5) is 0 Å². The zero-order valence-electron chi connectivity index (χ0n) is 13.0. The van der Waals surface area contributed by atoms with Gasteiger partial charge >= 0.3 is 0 Å². The number of aromatic nitrogens is 3. The second-order valence-electron chi connectivity index (χ2n) is 6.05. The SMILES string of the molecule is Cc1cc(C(=O)N2CCC[C@@H](c3[nH]nc4ncccc34)C2)cs1. The molecule has 1 N–H and O–H groups in total. The molecule has 0 unspecified atom stereocenters. The molecule has 6 heteroatoms. The number of likely N-dealkylation sites (tertiary alicyclic amines) is 1. The number of hydrogen-bond donors (Lipinski definition) is 1. The number of nitrogens with one attached hydrogen (secondary N) is 1. The van der Waals surface area contributed by atoms with Gasteiger partial charge < -0.3 is 4.90 Å². The fourth-order valence-electron chi connectivity index (χ4n) is 3.32. The minimum absolute atomic E-state index is 0.140. The number of carbonyl (C=O) groups is 1. The minimum Gasteiger partial charge on any atom is -0.338 e. The first kappa shape index (κ1) is 14.4. The Bertz CT molecular complexity index is 853. The molecule has 0 bridgehead atoms. The van der Waals surface area contributed by atoms with Gasteiger partial charge in [-0.1, -0.05) is 0 Å². The van der Waals surface area contributed by atoms with Gasteiger partial charge in [0.2, 0.25) is 0 Å². The molecule has 0 aromatic carbocycles. The molecule has 23 heavy (non-hydrogen) atoms. The van der Waals surface area contributed by atoms with Crippen molar-refractivity contribution in [1.82, 2.24) is 20.1 Å². The summed E-state index contributed by atoms with van der Waals surface area (Å²) in [7, 11) is 0. The second kappa shape index (κ2) is 5.77. The smallest absolute Gasteiger partial charge is 0.254 e. The number of hydrogen-bond acceptors (Lipinski definition) is 4. The Morgan fingerprint density at radius 3 is 3.22 bits per heavy atom. The highest BCUT2D eigenvalue weighted by molar-refractivity contribution is 7.10. The minimum atomic E-state index is 0.140. The van der Waals surface area contributed by atoms with Gasteiger partial charge in [0.25, 0.3) is 5.91 Å². The Morgan fingerprint density at radius 2 is 2.39 bits per heavy atom. The van der Waals surface area contributed by atoms with Gasteiger partial charge in [0.15, 0.2) is 5.65 Å². The van der Waals surface area contributed by atoms with Crippen molar-refractivity contribution in [2.75, 3.05) is 13.1 Å². The molecule has 1 saturated heterocycles. The molecule has 1 aliphatic rings. The first-order valence-electron chi connectivity index (χ1n) is 7.86. The van der Waals surface area contributed by atoms with E-state index in [2.05, 4.69) is 15.2 Å². The normalized spacial score (nSPS) is 18.5. The number of thiophene rings is 1. The quantitative estimate of drug-likeness (QED) is 0.785. The highest BCUT2D eigenvalue weighted by Gasteiger charge is 2.28. The van der Waals surface area contributed by atoms with E-state index in [9.17, 15) is 4.79 Å². The summed E-state index contributed by atoms with van der Waals surface area (Å²) in [6.45, 7) is 3.60. The van der Waals surface area contributed by atoms with Crippen LogP contribution in [0.5, 0.6) is 0 Å². The molecule has 1 fully saturated rings. The van der Waals surface area contributed by atoms with Crippen LogP contribution in [-0.4, -0.2) is 39.1 Å². The maximum atomic E-state index is 12.7. The Labute approximate surface area is 138 Å². The van der Waals surface area contributed by atoms with Crippen LogP contribution < -0.4 is 0 Å². The van der Waals surface area contributed by atoms with Crippen LogP contribution >= 0.6 is 11.3 Å². The highest BCUT2D eigenvalue weighted by Crippen LogP contribution is 2.30. The third-order valence-electron chi connectivity index (χ3n) is 4.45. The van der Waals surface area contributed by atoms with E-state index in [0.29, 0.717) is 5.92 Å². The molecule has 3 aromatic heterocycles. The van der Waals surface area contributed by atoms with Crippen molar-refractivity contribution < 1.29 is 4.79 Å². The first-order valence-corrected chi connectivity index (χ1v) is 8.74. The third-order valence-corrected chi connectivity index (χ3v) is 5.31. The number of piperidine rings is 1. The summed E-state index contributed by atoms with van der Waals surface area (Å²) < 4.78 is 0. The van der Waals surface area contributed by atoms with Crippen LogP contribution in [0.2, 0.25) is 0 Å². The van der Waals surface area contributed by atoms with Crippen LogP contribution in [0.15, 0.2) is 29.8 Å². The molecule has 4 heterocycles. The lowest BCUT2D eigenvalue weighted by Crippen LogP contribution is -2.39. The second-order valence-corrected chi connectivity index (χ2v) is 7.16. The van der Waals surface area contributed by atoms with E-state index in [1.54, 1.807) is 17.5 Å². The molecule has 0 radical (unpaired) electrons. The molecule has 3 aromatic rings. The van der Waals surface area contributed by atoms with E-state index >= 15 is 0 Å². The summed E-state index contributed by atoms with van der Waals surface area (Å²) in [4.78, 5) is 20.1. The lowest BCUT2D eigenvalue weighted by atomic mass is 9.93. The summed E-state index contributed by atoms with van der Waals surface area (Å²) in [5, 5.41) is 10.4. The molecule has 1 atom stereocenters. The monoisotopic (exact) mass is 326 g/mol. The van der Waals surface area contributed by atoms with E-state index in [-0.39, 0.29) is 5.91 Å². The van der Waals surface area contributed by atoms with Gasteiger partial charge in [0, 0.05) is 46.5 Å². The summed E-state index contributed by atoms with van der Waals surface area (Å²) in [6.07, 6.45) is 3.83. The molecule has 5 nitrogen and oxygen atoms in total. The molecule has 0 saturated carbocycles. The molecule has 118 valence electrons. The Morgan fingerprint density at radius 1 is 1.48 bits per heavy atom. The van der Waals surface area contributed by atoms with Gasteiger partial charge in [0.05, 0.1) is 5.56 Å². The lowest BCUT2D eigenvalue weighted by molar-refractivity contribution is 0.0706. The number of carbonyl (C=O) groups excluding carboxylic acids is 1. The summed E-state index contributed by atoms with van der Waals surface area (Å²) in [5.74, 6) is 0.433. The standard InChI is InChI=1S/C17H18N4OS/c1-11-8-13(10-23-11)17(22)21-7-3-4-12(9-21)15-14-5-2-6-18-16(14)20-19-15/h2,5-6,8,10,12H,3-4,7,9H2,1H3,(H,18,19,20)/t12-/m1/s1. The predicted octanol–water partition coefficient (Wildman–Crippen LogP) is 3.35. The number of fused-ring (bicyclic) bond motifs is 1. The van der Waals surface area contributed by atoms with E-state index in [4.69, 9.17) is 0 Å². The van der Waals surface area contributed by atoms with Gasteiger partial charge in [0.1, 0.15) is 0 Å². The van der Waals surface area contributed by atoms with Crippen LogP contribution in [0.25, 0.3) is 11.0 Å². The highest BCUT2D eigenvalue weighted by atomic mass is 32.1.